The summed E-state index contributed by atoms with van der Waals surface area (Å²) in [6.45, 7) is 5.37. The second-order valence-electron chi connectivity index (χ2n) is 4.71. The summed E-state index contributed by atoms with van der Waals surface area (Å²) in [5.41, 5.74) is 3.68. The Morgan fingerprint density at radius 3 is 2.53 bits per heavy atom. The van der Waals surface area contributed by atoms with Gasteiger partial charge in [-0.1, -0.05) is 44.5 Å². The van der Waals surface area contributed by atoms with Gasteiger partial charge in [0.2, 0.25) is 0 Å². The third kappa shape index (κ3) is 3.85. The number of benzene rings is 1. The zero-order valence-corrected chi connectivity index (χ0v) is 12.4. The van der Waals surface area contributed by atoms with Crippen LogP contribution in [0.25, 0.3) is 0 Å². The van der Waals surface area contributed by atoms with Gasteiger partial charge in [-0.25, -0.2) is 0 Å². The SMILES string of the molecule is CCCNC(c1ccc(CCC)cc1)c1cnsn1. The van der Waals surface area contributed by atoms with Crippen LogP contribution < -0.4 is 5.32 Å². The Morgan fingerprint density at radius 2 is 1.95 bits per heavy atom. The molecule has 1 aromatic carbocycles. The van der Waals surface area contributed by atoms with E-state index in [1.807, 2.05) is 6.20 Å². The number of aromatic nitrogens is 2. The zero-order valence-electron chi connectivity index (χ0n) is 11.6. The second kappa shape index (κ2) is 7.36. The zero-order chi connectivity index (χ0) is 13.5. The van der Waals surface area contributed by atoms with Crippen molar-refractivity contribution in [1.82, 2.24) is 14.1 Å². The highest BCUT2D eigenvalue weighted by Gasteiger charge is 2.15. The predicted molar refractivity (Wildman–Crippen MR) is 80.5 cm³/mol. The van der Waals surface area contributed by atoms with Crippen molar-refractivity contribution in [3.05, 3.63) is 47.3 Å². The normalized spacial score (nSPS) is 12.5. The van der Waals surface area contributed by atoms with Gasteiger partial charge in [0.15, 0.2) is 0 Å². The van der Waals surface area contributed by atoms with Crippen molar-refractivity contribution in [2.45, 2.75) is 39.2 Å². The third-order valence-electron chi connectivity index (χ3n) is 3.12. The van der Waals surface area contributed by atoms with Crippen molar-refractivity contribution in [1.29, 1.82) is 0 Å². The van der Waals surface area contributed by atoms with Crippen LogP contribution in [0.3, 0.4) is 0 Å². The van der Waals surface area contributed by atoms with E-state index in [4.69, 9.17) is 0 Å². The molecule has 3 nitrogen and oxygen atoms in total. The lowest BCUT2D eigenvalue weighted by Gasteiger charge is -2.17. The van der Waals surface area contributed by atoms with Gasteiger partial charge in [0.25, 0.3) is 0 Å². The minimum Gasteiger partial charge on any atom is -0.305 e. The van der Waals surface area contributed by atoms with Gasteiger partial charge in [-0.2, -0.15) is 8.75 Å². The van der Waals surface area contributed by atoms with Gasteiger partial charge in [-0.05, 0) is 30.5 Å². The van der Waals surface area contributed by atoms with Crippen LogP contribution in [0.4, 0.5) is 0 Å². The molecule has 2 rings (SSSR count). The average Bonchev–Trinajstić information content (AvgIpc) is 2.95. The van der Waals surface area contributed by atoms with E-state index in [0.717, 1.165) is 25.1 Å². The standard InChI is InChI=1S/C15H21N3S/c1-3-5-12-6-8-13(9-7-12)15(16-10-4-2)14-11-17-19-18-14/h6-9,11,15-16H,3-5,10H2,1-2H3. The van der Waals surface area contributed by atoms with Crippen LogP contribution in [-0.4, -0.2) is 15.3 Å². The van der Waals surface area contributed by atoms with Crippen molar-refractivity contribution in [3.63, 3.8) is 0 Å². The molecule has 19 heavy (non-hydrogen) atoms. The maximum atomic E-state index is 4.37. The summed E-state index contributed by atoms with van der Waals surface area (Å²) in [6, 6.07) is 9.02. The fourth-order valence-corrected chi connectivity index (χ4v) is 2.60. The van der Waals surface area contributed by atoms with E-state index in [2.05, 4.69) is 52.2 Å². The van der Waals surface area contributed by atoms with E-state index < -0.39 is 0 Å². The Hall–Kier alpha value is -1.26. The first-order chi connectivity index (χ1) is 9.35. The van der Waals surface area contributed by atoms with Crippen molar-refractivity contribution in [2.75, 3.05) is 6.54 Å². The lowest BCUT2D eigenvalue weighted by molar-refractivity contribution is 0.590. The Balaban J connectivity index is 2.17. The first kappa shape index (κ1) is 14.2. The van der Waals surface area contributed by atoms with Gasteiger partial charge in [-0.3, -0.25) is 0 Å². The summed E-state index contributed by atoms with van der Waals surface area (Å²) in [5, 5.41) is 3.54. The first-order valence-corrected chi connectivity index (χ1v) is 7.67. The van der Waals surface area contributed by atoms with Crippen LogP contribution in [-0.2, 0) is 6.42 Å². The van der Waals surface area contributed by atoms with Gasteiger partial charge >= 0.3 is 0 Å². The van der Waals surface area contributed by atoms with E-state index in [-0.39, 0.29) is 6.04 Å². The molecule has 4 heteroatoms. The molecule has 1 heterocycles. The first-order valence-electron chi connectivity index (χ1n) is 6.94. The van der Waals surface area contributed by atoms with Gasteiger partial charge in [-0.15, -0.1) is 0 Å². The number of nitrogens with one attached hydrogen (secondary N) is 1. The minimum absolute atomic E-state index is 0.161. The predicted octanol–water partition coefficient (Wildman–Crippen LogP) is 3.58. The number of rotatable bonds is 7. The second-order valence-corrected chi connectivity index (χ2v) is 5.27. The molecule has 0 fully saturated rings. The molecule has 0 aliphatic carbocycles. The van der Waals surface area contributed by atoms with Gasteiger partial charge in [0.1, 0.15) is 0 Å². The number of aryl methyl sites for hydroxylation is 1. The number of hydrogen-bond acceptors (Lipinski definition) is 4. The van der Waals surface area contributed by atoms with E-state index in [9.17, 15) is 0 Å². The fraction of sp³-hybridized carbons (Fsp3) is 0.467. The molecule has 0 saturated heterocycles. The van der Waals surface area contributed by atoms with E-state index in [1.54, 1.807) is 0 Å². The van der Waals surface area contributed by atoms with Gasteiger partial charge in [0, 0.05) is 0 Å². The molecular weight excluding hydrogens is 254 g/mol. The lowest BCUT2D eigenvalue weighted by atomic mass is 10.0. The van der Waals surface area contributed by atoms with Crippen molar-refractivity contribution in [2.24, 2.45) is 0 Å². The molecule has 0 radical (unpaired) electrons. The summed E-state index contributed by atoms with van der Waals surface area (Å²) >= 11 is 1.27. The Kier molecular flexibility index (Phi) is 5.48. The van der Waals surface area contributed by atoms with Crippen LogP contribution >= 0.6 is 11.7 Å². The van der Waals surface area contributed by atoms with Crippen LogP contribution in [0.2, 0.25) is 0 Å². The maximum absolute atomic E-state index is 4.37. The number of nitrogens with zero attached hydrogens (tertiary/aromatic N) is 2. The number of hydrogen-bond donors (Lipinski definition) is 1. The molecule has 1 N–H and O–H groups in total. The molecule has 0 aliphatic heterocycles. The highest BCUT2D eigenvalue weighted by Crippen LogP contribution is 2.21. The molecule has 1 unspecified atom stereocenters. The highest BCUT2D eigenvalue weighted by molar-refractivity contribution is 6.99. The molecule has 0 aliphatic rings. The summed E-state index contributed by atoms with van der Waals surface area (Å²) < 4.78 is 8.49. The summed E-state index contributed by atoms with van der Waals surface area (Å²) in [5.74, 6) is 0. The molecule has 0 spiro atoms. The van der Waals surface area contributed by atoms with Gasteiger partial charge in [0.05, 0.1) is 29.7 Å². The van der Waals surface area contributed by atoms with Crippen molar-refractivity contribution >= 4 is 11.7 Å². The highest BCUT2D eigenvalue weighted by atomic mass is 32.1. The largest absolute Gasteiger partial charge is 0.305 e. The summed E-state index contributed by atoms with van der Waals surface area (Å²) in [6.07, 6.45) is 5.30. The van der Waals surface area contributed by atoms with Crippen LogP contribution in [0.15, 0.2) is 30.5 Å². The third-order valence-corrected chi connectivity index (χ3v) is 3.62. The summed E-state index contributed by atoms with van der Waals surface area (Å²) in [7, 11) is 0. The van der Waals surface area contributed by atoms with Crippen LogP contribution in [0.1, 0.15) is 49.6 Å². The molecule has 1 atom stereocenters. The molecule has 2 aromatic rings. The Bertz CT molecular complexity index is 465. The quantitative estimate of drug-likeness (QED) is 0.839. The maximum Gasteiger partial charge on any atom is 0.0957 e. The lowest BCUT2D eigenvalue weighted by Crippen LogP contribution is -2.23. The average molecular weight is 275 g/mol. The molecule has 0 amide bonds. The summed E-state index contributed by atoms with van der Waals surface area (Å²) in [4.78, 5) is 0. The molecule has 1 aromatic heterocycles. The van der Waals surface area contributed by atoms with Crippen LogP contribution in [0.5, 0.6) is 0 Å². The fourth-order valence-electron chi connectivity index (χ4n) is 2.15. The molecule has 0 saturated carbocycles. The molecule has 102 valence electrons. The van der Waals surface area contributed by atoms with E-state index >= 15 is 0 Å². The Morgan fingerprint density at radius 1 is 1.16 bits per heavy atom. The molecule has 0 bridgehead atoms. The van der Waals surface area contributed by atoms with Crippen molar-refractivity contribution in [3.8, 4) is 0 Å². The topological polar surface area (TPSA) is 37.8 Å². The van der Waals surface area contributed by atoms with Crippen molar-refractivity contribution < 1.29 is 0 Å². The smallest absolute Gasteiger partial charge is 0.0957 e. The van der Waals surface area contributed by atoms with Gasteiger partial charge < -0.3 is 5.32 Å². The van der Waals surface area contributed by atoms with E-state index in [1.165, 1.54) is 29.3 Å². The minimum atomic E-state index is 0.161. The van der Waals surface area contributed by atoms with E-state index in [0.29, 0.717) is 0 Å². The molecular formula is C15H21N3S. The Labute approximate surface area is 119 Å². The van der Waals surface area contributed by atoms with Crippen LogP contribution in [0, 0.1) is 0 Å². The monoisotopic (exact) mass is 275 g/mol.